The van der Waals surface area contributed by atoms with Crippen molar-refractivity contribution in [2.75, 3.05) is 6.54 Å². The lowest BCUT2D eigenvalue weighted by Crippen LogP contribution is -2.43. The molecule has 2 atom stereocenters. The van der Waals surface area contributed by atoms with Crippen molar-refractivity contribution in [2.24, 2.45) is 17.6 Å². The molecular formula is C14H24N4O3. The van der Waals surface area contributed by atoms with Gasteiger partial charge >= 0.3 is 5.97 Å². The van der Waals surface area contributed by atoms with Gasteiger partial charge in [-0.3, -0.25) is 4.79 Å². The van der Waals surface area contributed by atoms with Gasteiger partial charge in [0.15, 0.2) is 0 Å². The van der Waals surface area contributed by atoms with Crippen LogP contribution in [0.25, 0.3) is 0 Å². The van der Waals surface area contributed by atoms with Crippen LogP contribution in [-0.4, -0.2) is 39.5 Å². The summed E-state index contributed by atoms with van der Waals surface area (Å²) in [5.74, 6) is -0.817. The van der Waals surface area contributed by atoms with Gasteiger partial charge < -0.3 is 21.1 Å². The maximum absolute atomic E-state index is 12.0. The second kappa shape index (κ2) is 8.41. The van der Waals surface area contributed by atoms with E-state index in [1.54, 1.807) is 6.20 Å². The van der Waals surface area contributed by atoms with Crippen LogP contribution in [0.2, 0.25) is 0 Å². The number of rotatable bonds is 9. The Balaban J connectivity index is 2.54. The van der Waals surface area contributed by atoms with Gasteiger partial charge in [-0.2, -0.15) is 0 Å². The van der Waals surface area contributed by atoms with Gasteiger partial charge in [-0.25, -0.2) is 9.78 Å². The van der Waals surface area contributed by atoms with Gasteiger partial charge in [-0.15, -0.1) is 0 Å². The molecule has 118 valence electrons. The highest BCUT2D eigenvalue weighted by Crippen LogP contribution is 2.14. The number of nitrogens with zero attached hydrogens (tertiary/aromatic N) is 1. The van der Waals surface area contributed by atoms with Crippen LogP contribution in [0.4, 0.5) is 0 Å². The van der Waals surface area contributed by atoms with Crippen LogP contribution < -0.4 is 11.1 Å². The molecule has 1 amide bonds. The summed E-state index contributed by atoms with van der Waals surface area (Å²) in [6.45, 7) is 4.56. The van der Waals surface area contributed by atoms with Crippen LogP contribution in [0.3, 0.4) is 0 Å². The molecule has 5 N–H and O–H groups in total. The number of aromatic nitrogens is 2. The second-order valence-corrected chi connectivity index (χ2v) is 5.67. The molecule has 0 aromatic carbocycles. The largest absolute Gasteiger partial charge is 0.480 e. The molecule has 7 heteroatoms. The van der Waals surface area contributed by atoms with Gasteiger partial charge in [0.1, 0.15) is 6.04 Å². The van der Waals surface area contributed by atoms with Gasteiger partial charge in [-0.1, -0.05) is 13.8 Å². The number of carboxylic acids is 1. The lowest BCUT2D eigenvalue weighted by molar-refractivity contribution is -0.142. The number of nitrogens with one attached hydrogen (secondary N) is 2. The third-order valence-corrected chi connectivity index (χ3v) is 3.22. The van der Waals surface area contributed by atoms with Crippen molar-refractivity contribution in [1.82, 2.24) is 15.3 Å². The number of carbonyl (C=O) groups excluding carboxylic acids is 1. The van der Waals surface area contributed by atoms with E-state index in [-0.39, 0.29) is 24.7 Å². The Morgan fingerprint density at radius 1 is 1.48 bits per heavy atom. The smallest absolute Gasteiger partial charge is 0.326 e. The minimum Gasteiger partial charge on any atom is -0.480 e. The quantitative estimate of drug-likeness (QED) is 0.529. The fourth-order valence-electron chi connectivity index (χ4n) is 2.26. The van der Waals surface area contributed by atoms with Crippen LogP contribution in [0.1, 0.15) is 32.4 Å². The van der Waals surface area contributed by atoms with Crippen molar-refractivity contribution in [2.45, 2.75) is 39.2 Å². The average Bonchev–Trinajstić information content (AvgIpc) is 2.89. The second-order valence-electron chi connectivity index (χ2n) is 5.67. The topological polar surface area (TPSA) is 121 Å². The number of hydrogen-bond donors (Lipinski definition) is 4. The summed E-state index contributed by atoms with van der Waals surface area (Å²) in [5, 5.41) is 11.7. The van der Waals surface area contributed by atoms with Crippen molar-refractivity contribution in [1.29, 1.82) is 0 Å². The maximum Gasteiger partial charge on any atom is 0.326 e. The number of carboxylic acid groups (broad SMARTS) is 1. The van der Waals surface area contributed by atoms with E-state index >= 15 is 0 Å². The number of imidazole rings is 1. The highest BCUT2D eigenvalue weighted by molar-refractivity contribution is 5.83. The normalized spacial score (nSPS) is 13.9. The summed E-state index contributed by atoms with van der Waals surface area (Å²) >= 11 is 0. The molecule has 1 unspecified atom stereocenters. The molecule has 0 radical (unpaired) electrons. The minimum atomic E-state index is -1.06. The lowest BCUT2D eigenvalue weighted by atomic mass is 9.94. The number of aliphatic carboxylic acids is 1. The summed E-state index contributed by atoms with van der Waals surface area (Å²) in [7, 11) is 0. The summed E-state index contributed by atoms with van der Waals surface area (Å²) in [6.07, 6.45) is 4.30. The highest BCUT2D eigenvalue weighted by atomic mass is 16.4. The standard InChI is InChI=1S/C14H24N4O3/c1-9(2)3-10(6-15)4-13(19)18-12(14(20)21)5-11-7-16-8-17-11/h7-10,12H,3-6,15H2,1-2H3,(H,16,17)(H,18,19)(H,20,21)/t10-,12?/m0/s1. The van der Waals surface area contributed by atoms with Crippen LogP contribution >= 0.6 is 0 Å². The molecule has 0 saturated heterocycles. The van der Waals surface area contributed by atoms with E-state index in [1.807, 2.05) is 0 Å². The highest BCUT2D eigenvalue weighted by Gasteiger charge is 2.22. The van der Waals surface area contributed by atoms with Crippen molar-refractivity contribution in [3.05, 3.63) is 18.2 Å². The SMILES string of the molecule is CC(C)C[C@H](CN)CC(=O)NC(Cc1cnc[nH]1)C(=O)O. The van der Waals surface area contributed by atoms with Crippen LogP contribution in [0.15, 0.2) is 12.5 Å². The van der Waals surface area contributed by atoms with E-state index in [1.165, 1.54) is 6.33 Å². The van der Waals surface area contributed by atoms with Crippen molar-refractivity contribution in [3.8, 4) is 0 Å². The summed E-state index contributed by atoms with van der Waals surface area (Å²) in [6, 6.07) is -0.963. The molecule has 1 rings (SSSR count). The van der Waals surface area contributed by atoms with Crippen molar-refractivity contribution < 1.29 is 14.7 Å². The molecule has 1 heterocycles. The van der Waals surface area contributed by atoms with Crippen molar-refractivity contribution in [3.63, 3.8) is 0 Å². The van der Waals surface area contributed by atoms with Crippen LogP contribution in [0.5, 0.6) is 0 Å². The Morgan fingerprint density at radius 2 is 2.19 bits per heavy atom. The first-order valence-electron chi connectivity index (χ1n) is 7.11. The van der Waals surface area contributed by atoms with Gasteiger partial charge in [0.25, 0.3) is 0 Å². The molecule has 0 aliphatic rings. The Kier molecular flexibility index (Phi) is 6.87. The fraction of sp³-hybridized carbons (Fsp3) is 0.643. The number of nitrogens with two attached hydrogens (primary N) is 1. The maximum atomic E-state index is 12.0. The number of aromatic amines is 1. The molecule has 0 fully saturated rings. The predicted octanol–water partition coefficient (Wildman–Crippen LogP) is 0.533. The predicted molar refractivity (Wildman–Crippen MR) is 78.5 cm³/mol. The fourth-order valence-corrected chi connectivity index (χ4v) is 2.26. The third-order valence-electron chi connectivity index (χ3n) is 3.22. The lowest BCUT2D eigenvalue weighted by Gasteiger charge is -2.19. The van der Waals surface area contributed by atoms with Crippen LogP contribution in [0, 0.1) is 11.8 Å². The molecule has 0 aliphatic carbocycles. The van der Waals surface area contributed by atoms with Gasteiger partial charge in [0, 0.05) is 24.7 Å². The first-order chi connectivity index (χ1) is 9.92. The zero-order valence-corrected chi connectivity index (χ0v) is 12.5. The molecule has 0 bridgehead atoms. The molecule has 0 aliphatic heterocycles. The summed E-state index contributed by atoms with van der Waals surface area (Å²) in [4.78, 5) is 29.9. The molecule has 21 heavy (non-hydrogen) atoms. The third kappa shape index (κ3) is 6.40. The van der Waals surface area contributed by atoms with E-state index in [0.29, 0.717) is 18.2 Å². The minimum absolute atomic E-state index is 0.0756. The Morgan fingerprint density at radius 3 is 2.67 bits per heavy atom. The average molecular weight is 296 g/mol. The molecule has 1 aromatic heterocycles. The first-order valence-corrected chi connectivity index (χ1v) is 7.11. The monoisotopic (exact) mass is 296 g/mol. The van der Waals surface area contributed by atoms with E-state index < -0.39 is 12.0 Å². The van der Waals surface area contributed by atoms with E-state index in [2.05, 4.69) is 29.1 Å². The molecular weight excluding hydrogens is 272 g/mol. The van der Waals surface area contributed by atoms with Crippen LogP contribution in [-0.2, 0) is 16.0 Å². The number of amides is 1. The molecule has 0 spiro atoms. The Bertz CT molecular complexity index is 445. The summed E-state index contributed by atoms with van der Waals surface area (Å²) < 4.78 is 0. The number of hydrogen-bond acceptors (Lipinski definition) is 4. The van der Waals surface area contributed by atoms with Gasteiger partial charge in [-0.05, 0) is 24.8 Å². The van der Waals surface area contributed by atoms with E-state index in [9.17, 15) is 14.7 Å². The zero-order valence-electron chi connectivity index (χ0n) is 12.5. The Labute approximate surface area is 124 Å². The van der Waals surface area contributed by atoms with Crippen molar-refractivity contribution >= 4 is 11.9 Å². The molecule has 7 nitrogen and oxygen atoms in total. The van der Waals surface area contributed by atoms with Gasteiger partial charge in [0.2, 0.25) is 5.91 Å². The number of carbonyl (C=O) groups is 2. The molecule has 0 saturated carbocycles. The first kappa shape index (κ1) is 17.2. The zero-order chi connectivity index (χ0) is 15.8. The van der Waals surface area contributed by atoms with E-state index in [4.69, 9.17) is 5.73 Å². The summed E-state index contributed by atoms with van der Waals surface area (Å²) in [5.41, 5.74) is 6.33. The Hall–Kier alpha value is -1.89. The number of H-pyrrole nitrogens is 1. The van der Waals surface area contributed by atoms with Gasteiger partial charge in [0.05, 0.1) is 6.33 Å². The molecule has 1 aromatic rings. The van der Waals surface area contributed by atoms with E-state index in [0.717, 1.165) is 6.42 Å².